The van der Waals surface area contributed by atoms with Crippen LogP contribution in [0.25, 0.3) is 0 Å². The summed E-state index contributed by atoms with van der Waals surface area (Å²) in [7, 11) is 0. The number of benzene rings is 2. The highest BCUT2D eigenvalue weighted by atomic mass is 35.5. The summed E-state index contributed by atoms with van der Waals surface area (Å²) in [5.74, 6) is -1.01. The summed E-state index contributed by atoms with van der Waals surface area (Å²) in [6.45, 7) is 5.48. The summed E-state index contributed by atoms with van der Waals surface area (Å²) in [5.41, 5.74) is 2.18. The third-order valence-electron chi connectivity index (χ3n) is 4.92. The van der Waals surface area contributed by atoms with E-state index in [4.69, 9.17) is 27.9 Å². The maximum absolute atomic E-state index is 13.0. The number of amides is 1. The van der Waals surface area contributed by atoms with Crippen LogP contribution in [0.5, 0.6) is 0 Å². The fourth-order valence-electron chi connectivity index (χ4n) is 2.83. The predicted molar refractivity (Wildman–Crippen MR) is 107 cm³/mol. The molecule has 27 heavy (non-hydrogen) atoms. The van der Waals surface area contributed by atoms with E-state index >= 15 is 0 Å². The van der Waals surface area contributed by atoms with Crippen LogP contribution in [-0.4, -0.2) is 16.2 Å². The number of halogens is 2. The van der Waals surface area contributed by atoms with Crippen molar-refractivity contribution >= 4 is 40.8 Å². The van der Waals surface area contributed by atoms with Crippen molar-refractivity contribution in [1.29, 1.82) is 0 Å². The van der Waals surface area contributed by atoms with Crippen molar-refractivity contribution in [1.82, 2.24) is 0 Å². The zero-order valence-corrected chi connectivity index (χ0v) is 16.9. The first-order valence-corrected chi connectivity index (χ1v) is 9.42. The topological polar surface area (TPSA) is 55.4 Å². The Morgan fingerprint density at radius 1 is 1.11 bits per heavy atom. The molecule has 1 amide bonds. The number of ether oxygens (including phenoxy) is 1. The van der Waals surface area contributed by atoms with Crippen molar-refractivity contribution in [2.75, 3.05) is 5.32 Å². The Labute approximate surface area is 168 Å². The van der Waals surface area contributed by atoms with E-state index in [1.54, 1.807) is 31.2 Å². The van der Waals surface area contributed by atoms with Gasteiger partial charge in [0.15, 0.2) is 0 Å². The average Bonchev–Trinajstić information content (AvgIpc) is 3.15. The van der Waals surface area contributed by atoms with Gasteiger partial charge in [0.05, 0.1) is 0 Å². The first-order chi connectivity index (χ1) is 12.6. The molecular formula is C21H21Cl2NO3. The number of nitrogens with one attached hydrogen (secondary N) is 1. The van der Waals surface area contributed by atoms with E-state index in [0.717, 1.165) is 11.1 Å². The van der Waals surface area contributed by atoms with Crippen LogP contribution >= 0.6 is 23.2 Å². The van der Waals surface area contributed by atoms with E-state index in [2.05, 4.69) is 5.32 Å². The number of hydrogen-bond donors (Lipinski definition) is 1. The Kier molecular flexibility index (Phi) is 5.24. The minimum atomic E-state index is -1.16. The minimum Gasteiger partial charge on any atom is -0.447 e. The zero-order valence-electron chi connectivity index (χ0n) is 15.4. The first-order valence-electron chi connectivity index (χ1n) is 8.66. The molecule has 2 atom stereocenters. The molecule has 0 aliphatic heterocycles. The number of aryl methyl sites for hydroxylation is 2. The molecule has 0 bridgehead atoms. The van der Waals surface area contributed by atoms with Gasteiger partial charge in [-0.1, -0.05) is 42.5 Å². The smallest absolute Gasteiger partial charge is 0.316 e. The quantitative estimate of drug-likeness (QED) is 0.555. The van der Waals surface area contributed by atoms with E-state index < -0.39 is 27.7 Å². The van der Waals surface area contributed by atoms with Gasteiger partial charge in [-0.05, 0) is 38.0 Å². The second-order valence-electron chi connectivity index (χ2n) is 7.22. The number of anilines is 1. The lowest BCUT2D eigenvalue weighted by Crippen LogP contribution is -2.30. The molecule has 3 rings (SSSR count). The van der Waals surface area contributed by atoms with E-state index in [1.165, 1.54) is 0 Å². The summed E-state index contributed by atoms with van der Waals surface area (Å²) in [4.78, 5) is 25.6. The van der Waals surface area contributed by atoms with Crippen molar-refractivity contribution in [3.8, 4) is 0 Å². The number of hydrogen-bond acceptors (Lipinski definition) is 3. The van der Waals surface area contributed by atoms with E-state index in [-0.39, 0.29) is 0 Å². The molecule has 2 aromatic carbocycles. The molecule has 0 spiro atoms. The normalized spacial score (nSPS) is 21.2. The number of carbonyl (C=O) groups is 2. The Morgan fingerprint density at radius 2 is 1.74 bits per heavy atom. The third kappa shape index (κ3) is 3.97. The fourth-order valence-corrected chi connectivity index (χ4v) is 3.52. The third-order valence-corrected chi connectivity index (χ3v) is 6.03. The number of alkyl halides is 2. The average molecular weight is 406 g/mol. The van der Waals surface area contributed by atoms with Crippen molar-refractivity contribution in [3.63, 3.8) is 0 Å². The van der Waals surface area contributed by atoms with Gasteiger partial charge in [0.25, 0.3) is 5.91 Å². The van der Waals surface area contributed by atoms with Gasteiger partial charge < -0.3 is 10.1 Å². The lowest BCUT2D eigenvalue weighted by Gasteiger charge is -2.21. The lowest BCUT2D eigenvalue weighted by atomic mass is 10.1. The Morgan fingerprint density at radius 3 is 2.33 bits per heavy atom. The van der Waals surface area contributed by atoms with E-state index in [0.29, 0.717) is 17.7 Å². The molecule has 6 heteroatoms. The molecule has 0 radical (unpaired) electrons. The summed E-state index contributed by atoms with van der Waals surface area (Å²) in [6, 6.07) is 14.6. The Bertz CT molecular complexity index is 882. The molecule has 0 aromatic heterocycles. The van der Waals surface area contributed by atoms with Gasteiger partial charge in [0, 0.05) is 17.7 Å². The van der Waals surface area contributed by atoms with Crippen LogP contribution in [-0.2, 0) is 14.3 Å². The van der Waals surface area contributed by atoms with E-state index in [1.807, 2.05) is 38.1 Å². The standard InChI is InChI=1S/C21H21Cl2NO3/c1-13-9-10-14(2)16(11-13)24-18(25)17(15-7-5-4-6-8-15)27-19(26)20(3)12-21(20,22)23/h4-11,17H,12H2,1-3H3,(H,24,25)/t17-,20+/m0/s1. The SMILES string of the molecule is Cc1ccc(C)c(NC(=O)[C@@H](OC(=O)[C@@]2(C)CC2(Cl)Cl)c2ccccc2)c1. The molecule has 2 aromatic rings. The largest absolute Gasteiger partial charge is 0.447 e. The molecule has 1 fully saturated rings. The lowest BCUT2D eigenvalue weighted by molar-refractivity contribution is -0.159. The van der Waals surface area contributed by atoms with E-state index in [9.17, 15) is 9.59 Å². The molecule has 1 saturated carbocycles. The van der Waals surface area contributed by atoms with Crippen molar-refractivity contribution in [2.45, 2.75) is 37.6 Å². The van der Waals surface area contributed by atoms with Gasteiger partial charge in [-0.25, -0.2) is 0 Å². The second-order valence-corrected chi connectivity index (χ2v) is 8.70. The maximum atomic E-state index is 13.0. The highest BCUT2D eigenvalue weighted by Gasteiger charge is 2.69. The minimum absolute atomic E-state index is 0.294. The van der Waals surface area contributed by atoms with Crippen LogP contribution in [0.3, 0.4) is 0 Å². The molecule has 0 saturated heterocycles. The van der Waals surface area contributed by atoms with Crippen LogP contribution in [0, 0.1) is 19.3 Å². The molecule has 142 valence electrons. The molecule has 1 aliphatic rings. The Hall–Kier alpha value is -2.04. The Balaban J connectivity index is 1.85. The van der Waals surface area contributed by atoms with Crippen molar-refractivity contribution < 1.29 is 14.3 Å². The monoisotopic (exact) mass is 405 g/mol. The predicted octanol–water partition coefficient (Wildman–Crippen LogP) is 5.11. The first kappa shape index (κ1) is 19.7. The number of carbonyl (C=O) groups excluding carboxylic acids is 2. The van der Waals surface area contributed by atoms with Crippen LogP contribution in [0.15, 0.2) is 48.5 Å². The fraction of sp³-hybridized carbons (Fsp3) is 0.333. The van der Waals surface area contributed by atoms with Crippen molar-refractivity contribution in [3.05, 3.63) is 65.2 Å². The molecule has 1 N–H and O–H groups in total. The van der Waals surface area contributed by atoms with Crippen LogP contribution in [0.1, 0.15) is 36.1 Å². The highest BCUT2D eigenvalue weighted by Crippen LogP contribution is 2.64. The molecule has 0 unspecified atom stereocenters. The van der Waals surface area contributed by atoms with Crippen LogP contribution in [0.4, 0.5) is 5.69 Å². The maximum Gasteiger partial charge on any atom is 0.316 e. The zero-order chi connectivity index (χ0) is 19.8. The van der Waals surface area contributed by atoms with Crippen LogP contribution < -0.4 is 5.32 Å². The second kappa shape index (κ2) is 7.17. The molecule has 1 aliphatic carbocycles. The summed E-state index contributed by atoms with van der Waals surface area (Å²) >= 11 is 12.2. The van der Waals surface area contributed by atoms with Crippen molar-refractivity contribution in [2.24, 2.45) is 5.41 Å². The van der Waals surface area contributed by atoms with Gasteiger partial charge in [-0.2, -0.15) is 0 Å². The van der Waals surface area contributed by atoms with Gasteiger partial charge in [0.2, 0.25) is 6.10 Å². The molecule has 0 heterocycles. The number of rotatable bonds is 5. The summed E-state index contributed by atoms with van der Waals surface area (Å²) in [6.07, 6.45) is -0.803. The summed E-state index contributed by atoms with van der Waals surface area (Å²) in [5, 5.41) is 2.87. The summed E-state index contributed by atoms with van der Waals surface area (Å²) < 4.78 is 4.43. The van der Waals surface area contributed by atoms with Gasteiger partial charge in [0.1, 0.15) is 9.75 Å². The molecule has 4 nitrogen and oxygen atoms in total. The van der Waals surface area contributed by atoms with Gasteiger partial charge in [-0.3, -0.25) is 9.59 Å². The highest BCUT2D eigenvalue weighted by molar-refractivity contribution is 6.53. The van der Waals surface area contributed by atoms with Crippen LogP contribution in [0.2, 0.25) is 0 Å². The molecular weight excluding hydrogens is 385 g/mol. The van der Waals surface area contributed by atoms with Gasteiger partial charge >= 0.3 is 5.97 Å². The van der Waals surface area contributed by atoms with Gasteiger partial charge in [-0.15, -0.1) is 23.2 Å². The number of esters is 1.